The van der Waals surface area contributed by atoms with E-state index in [4.69, 9.17) is 0 Å². The Bertz CT molecular complexity index is 472. The van der Waals surface area contributed by atoms with E-state index < -0.39 is 10.0 Å². The summed E-state index contributed by atoms with van der Waals surface area (Å²) in [5, 5.41) is 3.28. The van der Waals surface area contributed by atoms with Crippen molar-refractivity contribution >= 4 is 49.7 Å². The molecule has 2 rings (SSSR count). The van der Waals surface area contributed by atoms with Gasteiger partial charge in [-0.3, -0.25) is 0 Å². The average molecular weight is 376 g/mol. The lowest BCUT2D eigenvalue weighted by atomic mass is 10.0. The predicted octanol–water partition coefficient (Wildman–Crippen LogP) is 2.21. The molecule has 18 heavy (non-hydrogen) atoms. The van der Waals surface area contributed by atoms with E-state index in [2.05, 4.69) is 26.0 Å². The molecule has 2 N–H and O–H groups in total. The van der Waals surface area contributed by atoms with Crippen molar-refractivity contribution in [3.05, 3.63) is 15.9 Å². The molecular weight excluding hydrogens is 360 g/mol. The molecule has 8 heteroatoms. The van der Waals surface area contributed by atoms with E-state index >= 15 is 0 Å². The van der Waals surface area contributed by atoms with E-state index in [1.807, 2.05) is 0 Å². The zero-order valence-corrected chi connectivity index (χ0v) is 13.7. The van der Waals surface area contributed by atoms with Gasteiger partial charge in [-0.25, -0.2) is 13.1 Å². The third-order valence-corrected chi connectivity index (χ3v) is 6.31. The summed E-state index contributed by atoms with van der Waals surface area (Å²) in [7, 11) is -3.33. The Kier molecular flexibility index (Phi) is 6.57. The molecule has 4 nitrogen and oxygen atoms in total. The molecule has 1 atom stereocenters. The number of halogens is 2. The molecule has 2 heterocycles. The van der Waals surface area contributed by atoms with Crippen LogP contribution in [0.5, 0.6) is 0 Å². The lowest BCUT2D eigenvalue weighted by molar-refractivity contribution is 0.376. The molecule has 1 aliphatic heterocycles. The summed E-state index contributed by atoms with van der Waals surface area (Å²) in [4.78, 5) is 0. The van der Waals surface area contributed by atoms with Crippen LogP contribution in [0, 0.1) is 5.92 Å². The number of sulfonamides is 1. The molecule has 0 aliphatic carbocycles. The summed E-state index contributed by atoms with van der Waals surface area (Å²) in [5.41, 5.74) is 0. The summed E-state index contributed by atoms with van der Waals surface area (Å²) in [6, 6.07) is 3.37. The number of thiophene rings is 1. The maximum atomic E-state index is 11.9. The molecule has 104 valence electrons. The molecule has 1 aromatic rings. The van der Waals surface area contributed by atoms with Gasteiger partial charge < -0.3 is 5.32 Å². The molecule has 0 saturated carbocycles. The second-order valence-corrected chi connectivity index (χ2v) is 8.58. The highest BCUT2D eigenvalue weighted by molar-refractivity contribution is 9.11. The van der Waals surface area contributed by atoms with Gasteiger partial charge in [-0.2, -0.15) is 0 Å². The minimum absolute atomic E-state index is 0. The van der Waals surface area contributed by atoms with Gasteiger partial charge >= 0.3 is 0 Å². The van der Waals surface area contributed by atoms with Gasteiger partial charge in [-0.05, 0) is 59.9 Å². The number of hydrogen-bond acceptors (Lipinski definition) is 4. The zero-order valence-electron chi connectivity index (χ0n) is 9.69. The van der Waals surface area contributed by atoms with Crippen molar-refractivity contribution in [2.45, 2.75) is 17.1 Å². The Labute approximate surface area is 126 Å². The Morgan fingerprint density at radius 2 is 2.28 bits per heavy atom. The summed E-state index contributed by atoms with van der Waals surface area (Å²) in [5.74, 6) is 0.405. The van der Waals surface area contributed by atoms with Crippen LogP contribution in [-0.4, -0.2) is 28.1 Å². The molecule has 0 radical (unpaired) electrons. The van der Waals surface area contributed by atoms with Gasteiger partial charge in [0.1, 0.15) is 4.21 Å². The first-order chi connectivity index (χ1) is 8.08. The summed E-state index contributed by atoms with van der Waals surface area (Å²) < 4.78 is 27.8. The minimum atomic E-state index is -3.33. The van der Waals surface area contributed by atoms with Crippen LogP contribution in [0.1, 0.15) is 12.8 Å². The highest BCUT2D eigenvalue weighted by Gasteiger charge is 2.19. The number of hydrogen-bond donors (Lipinski definition) is 2. The van der Waals surface area contributed by atoms with Crippen molar-refractivity contribution in [1.29, 1.82) is 0 Å². The third kappa shape index (κ3) is 4.47. The molecule has 0 amide bonds. The van der Waals surface area contributed by atoms with Crippen LogP contribution < -0.4 is 10.0 Å². The monoisotopic (exact) mass is 374 g/mol. The fourth-order valence-electron chi connectivity index (χ4n) is 1.84. The quantitative estimate of drug-likeness (QED) is 0.848. The molecule has 0 spiro atoms. The van der Waals surface area contributed by atoms with Gasteiger partial charge in [0.2, 0.25) is 10.0 Å². The highest BCUT2D eigenvalue weighted by Crippen LogP contribution is 2.25. The third-order valence-electron chi connectivity index (χ3n) is 2.77. The fourth-order valence-corrected chi connectivity index (χ4v) is 5.01. The molecule has 0 aromatic carbocycles. The van der Waals surface area contributed by atoms with E-state index in [-0.39, 0.29) is 12.4 Å². The number of nitrogens with one attached hydrogen (secondary N) is 2. The van der Waals surface area contributed by atoms with Crippen LogP contribution in [-0.2, 0) is 10.0 Å². The van der Waals surface area contributed by atoms with Crippen molar-refractivity contribution in [3.8, 4) is 0 Å². The molecule has 0 unspecified atom stereocenters. The van der Waals surface area contributed by atoms with Crippen LogP contribution in [0.3, 0.4) is 0 Å². The van der Waals surface area contributed by atoms with Gasteiger partial charge in [0.25, 0.3) is 0 Å². The second kappa shape index (κ2) is 7.21. The van der Waals surface area contributed by atoms with Crippen LogP contribution >= 0.6 is 39.7 Å². The van der Waals surface area contributed by atoms with Crippen molar-refractivity contribution in [2.24, 2.45) is 5.92 Å². The normalized spacial score (nSPS) is 20.4. The number of piperidine rings is 1. The highest BCUT2D eigenvalue weighted by atomic mass is 79.9. The zero-order chi connectivity index (χ0) is 12.3. The average Bonchev–Trinajstić information content (AvgIpc) is 2.76. The second-order valence-electron chi connectivity index (χ2n) is 4.12. The van der Waals surface area contributed by atoms with Crippen LogP contribution in [0.2, 0.25) is 0 Å². The lowest BCUT2D eigenvalue weighted by Crippen LogP contribution is -2.37. The van der Waals surface area contributed by atoms with E-state index in [1.54, 1.807) is 12.1 Å². The maximum absolute atomic E-state index is 11.9. The van der Waals surface area contributed by atoms with E-state index in [0.717, 1.165) is 29.7 Å². The molecular formula is C10H16BrClN2O2S2. The minimum Gasteiger partial charge on any atom is -0.316 e. The van der Waals surface area contributed by atoms with Gasteiger partial charge in [0.15, 0.2) is 0 Å². The largest absolute Gasteiger partial charge is 0.316 e. The molecule has 1 aliphatic rings. The summed E-state index contributed by atoms with van der Waals surface area (Å²) in [6.07, 6.45) is 2.21. The first-order valence-electron chi connectivity index (χ1n) is 5.53. The molecule has 0 bridgehead atoms. The van der Waals surface area contributed by atoms with Gasteiger partial charge in [-0.1, -0.05) is 0 Å². The first-order valence-corrected chi connectivity index (χ1v) is 8.63. The lowest BCUT2D eigenvalue weighted by Gasteiger charge is -2.22. The Balaban J connectivity index is 0.00000162. The van der Waals surface area contributed by atoms with Crippen LogP contribution in [0.15, 0.2) is 20.1 Å². The SMILES string of the molecule is Cl.O=S(=O)(NC[C@H]1CCCNC1)c1ccc(Br)s1. The van der Waals surface area contributed by atoms with Crippen molar-refractivity contribution in [3.63, 3.8) is 0 Å². The van der Waals surface area contributed by atoms with Crippen LogP contribution in [0.25, 0.3) is 0 Å². The topological polar surface area (TPSA) is 58.2 Å². The Hall–Kier alpha value is 0.340. The standard InChI is InChI=1S/C10H15BrN2O2S2.ClH/c11-9-3-4-10(16-9)17(14,15)13-7-8-2-1-5-12-6-8;/h3-4,8,12-13H,1-2,5-7H2;1H/t8-;/m0./s1. The first kappa shape index (κ1) is 16.4. The van der Waals surface area contributed by atoms with E-state index in [0.29, 0.717) is 16.7 Å². The summed E-state index contributed by atoms with van der Waals surface area (Å²) >= 11 is 4.50. The molecule has 1 saturated heterocycles. The van der Waals surface area contributed by atoms with E-state index in [9.17, 15) is 8.42 Å². The maximum Gasteiger partial charge on any atom is 0.250 e. The van der Waals surface area contributed by atoms with Gasteiger partial charge in [-0.15, -0.1) is 23.7 Å². The number of rotatable bonds is 4. The fraction of sp³-hybridized carbons (Fsp3) is 0.600. The van der Waals surface area contributed by atoms with E-state index in [1.165, 1.54) is 11.3 Å². The predicted molar refractivity (Wildman–Crippen MR) is 80.0 cm³/mol. The van der Waals surface area contributed by atoms with Gasteiger partial charge in [0, 0.05) is 6.54 Å². The van der Waals surface area contributed by atoms with Gasteiger partial charge in [0.05, 0.1) is 3.79 Å². The molecule has 1 fully saturated rings. The molecule has 1 aromatic heterocycles. The summed E-state index contributed by atoms with van der Waals surface area (Å²) in [6.45, 7) is 2.46. The Morgan fingerprint density at radius 3 is 2.83 bits per heavy atom. The Morgan fingerprint density at radius 1 is 1.50 bits per heavy atom. The van der Waals surface area contributed by atoms with Crippen molar-refractivity contribution in [1.82, 2.24) is 10.0 Å². The van der Waals surface area contributed by atoms with Crippen LogP contribution in [0.4, 0.5) is 0 Å². The smallest absolute Gasteiger partial charge is 0.250 e. The van der Waals surface area contributed by atoms with Crippen molar-refractivity contribution < 1.29 is 8.42 Å². The van der Waals surface area contributed by atoms with Crippen molar-refractivity contribution in [2.75, 3.05) is 19.6 Å².